The fourth-order valence-corrected chi connectivity index (χ4v) is 3.12. The van der Waals surface area contributed by atoms with E-state index in [1.54, 1.807) is 0 Å². The number of carbonyl (C=O) groups excluding carboxylic acids is 1. The van der Waals surface area contributed by atoms with Crippen LogP contribution in [0.25, 0.3) is 0 Å². The molecule has 2 rings (SSSR count). The number of carbonyl (C=O) groups is 1. The lowest BCUT2D eigenvalue weighted by atomic mass is 9.86. The average molecular weight is 288 g/mol. The van der Waals surface area contributed by atoms with Crippen LogP contribution < -0.4 is 5.32 Å². The summed E-state index contributed by atoms with van der Waals surface area (Å²) in [6.07, 6.45) is 0.872. The monoisotopic (exact) mass is 288 g/mol. The van der Waals surface area contributed by atoms with Crippen molar-refractivity contribution in [2.45, 2.75) is 59.0 Å². The van der Waals surface area contributed by atoms with Gasteiger partial charge in [-0.25, -0.2) is 0 Å². The lowest BCUT2D eigenvalue weighted by Gasteiger charge is -2.36. The van der Waals surface area contributed by atoms with Crippen LogP contribution in [0.4, 0.5) is 5.69 Å². The Bertz CT molecular complexity index is 496. The third-order valence-corrected chi connectivity index (χ3v) is 4.09. The number of hydrogen-bond donors (Lipinski definition) is 1. The zero-order valence-electron chi connectivity index (χ0n) is 13.9. The van der Waals surface area contributed by atoms with Crippen molar-refractivity contribution in [1.29, 1.82) is 0 Å². The molecule has 3 nitrogen and oxygen atoms in total. The van der Waals surface area contributed by atoms with Crippen LogP contribution in [0.15, 0.2) is 24.3 Å². The highest BCUT2D eigenvalue weighted by Gasteiger charge is 2.33. The topological polar surface area (TPSA) is 32.3 Å². The zero-order chi connectivity index (χ0) is 15.6. The molecule has 3 heteroatoms. The molecular weight excluding hydrogens is 260 g/mol. The summed E-state index contributed by atoms with van der Waals surface area (Å²) in [5.74, 6) is 0.754. The molecule has 1 aliphatic heterocycles. The van der Waals surface area contributed by atoms with E-state index in [4.69, 9.17) is 0 Å². The van der Waals surface area contributed by atoms with Gasteiger partial charge in [-0.3, -0.25) is 4.79 Å². The van der Waals surface area contributed by atoms with Crippen LogP contribution in [-0.2, 0) is 4.79 Å². The van der Waals surface area contributed by atoms with Crippen molar-refractivity contribution in [2.75, 3.05) is 11.9 Å². The van der Waals surface area contributed by atoms with Crippen LogP contribution in [0, 0.1) is 5.92 Å². The fourth-order valence-electron chi connectivity index (χ4n) is 3.12. The average Bonchev–Trinajstić information content (AvgIpc) is 2.42. The second kappa shape index (κ2) is 6.50. The molecule has 21 heavy (non-hydrogen) atoms. The van der Waals surface area contributed by atoms with Crippen molar-refractivity contribution < 1.29 is 4.79 Å². The maximum Gasteiger partial charge on any atom is 0.230 e. The van der Waals surface area contributed by atoms with Crippen LogP contribution in [0.5, 0.6) is 0 Å². The minimum Gasteiger partial charge on any atom is -0.382 e. The van der Waals surface area contributed by atoms with E-state index >= 15 is 0 Å². The molecule has 0 spiro atoms. The number of benzene rings is 1. The normalized spacial score (nSPS) is 21.1. The van der Waals surface area contributed by atoms with E-state index in [9.17, 15) is 4.79 Å². The number of amides is 1. The SMILES string of the molecule is CC(C)CN(C(=O)C1CC(C)Nc2ccccc21)C(C)C. The molecule has 1 aromatic carbocycles. The molecule has 1 N–H and O–H groups in total. The number of fused-ring (bicyclic) bond motifs is 1. The molecule has 2 unspecified atom stereocenters. The molecule has 1 aliphatic rings. The van der Waals surface area contributed by atoms with E-state index in [2.05, 4.69) is 52.1 Å². The number of rotatable bonds is 4. The largest absolute Gasteiger partial charge is 0.382 e. The van der Waals surface area contributed by atoms with Gasteiger partial charge in [0, 0.05) is 24.3 Å². The van der Waals surface area contributed by atoms with Gasteiger partial charge in [-0.2, -0.15) is 0 Å². The van der Waals surface area contributed by atoms with E-state index < -0.39 is 0 Å². The van der Waals surface area contributed by atoms with Crippen molar-refractivity contribution in [3.63, 3.8) is 0 Å². The standard InChI is InChI=1S/C18H28N2O/c1-12(2)11-20(13(3)4)18(21)16-10-14(5)19-17-9-7-6-8-15(16)17/h6-9,12-14,16,19H,10-11H2,1-5H3. The molecule has 0 bridgehead atoms. The van der Waals surface area contributed by atoms with Crippen molar-refractivity contribution in [2.24, 2.45) is 5.92 Å². The van der Waals surface area contributed by atoms with Crippen molar-refractivity contribution in [3.8, 4) is 0 Å². The Labute approximate surface area is 128 Å². The van der Waals surface area contributed by atoms with Gasteiger partial charge in [-0.1, -0.05) is 32.0 Å². The van der Waals surface area contributed by atoms with Crippen LogP contribution >= 0.6 is 0 Å². The van der Waals surface area contributed by atoms with Gasteiger partial charge in [0.05, 0.1) is 5.92 Å². The summed E-state index contributed by atoms with van der Waals surface area (Å²) >= 11 is 0. The smallest absolute Gasteiger partial charge is 0.230 e. The van der Waals surface area contributed by atoms with Crippen LogP contribution in [0.1, 0.15) is 52.5 Å². The summed E-state index contributed by atoms with van der Waals surface area (Å²) in [5.41, 5.74) is 2.26. The molecule has 0 fully saturated rings. The van der Waals surface area contributed by atoms with E-state index in [0.717, 1.165) is 24.2 Å². The quantitative estimate of drug-likeness (QED) is 0.912. The molecule has 0 saturated heterocycles. The van der Waals surface area contributed by atoms with Gasteiger partial charge in [0.2, 0.25) is 5.91 Å². The van der Waals surface area contributed by atoms with Gasteiger partial charge in [0.25, 0.3) is 0 Å². The summed E-state index contributed by atoms with van der Waals surface area (Å²) in [4.78, 5) is 15.1. The van der Waals surface area contributed by atoms with Gasteiger partial charge in [0.1, 0.15) is 0 Å². The lowest BCUT2D eigenvalue weighted by Crippen LogP contribution is -2.44. The number of nitrogens with zero attached hydrogens (tertiary/aromatic N) is 1. The minimum absolute atomic E-state index is 0.0152. The van der Waals surface area contributed by atoms with Crippen LogP contribution in [-0.4, -0.2) is 29.4 Å². The first-order chi connectivity index (χ1) is 9.90. The Morgan fingerprint density at radius 2 is 1.95 bits per heavy atom. The number of nitrogens with one attached hydrogen (secondary N) is 1. The summed E-state index contributed by atoms with van der Waals surface area (Å²) in [5, 5.41) is 3.48. The fraction of sp³-hybridized carbons (Fsp3) is 0.611. The first-order valence-corrected chi connectivity index (χ1v) is 8.06. The number of para-hydroxylation sites is 1. The van der Waals surface area contributed by atoms with Gasteiger partial charge in [-0.15, -0.1) is 0 Å². The Morgan fingerprint density at radius 3 is 2.57 bits per heavy atom. The maximum atomic E-state index is 13.1. The predicted octanol–water partition coefficient (Wildman–Crippen LogP) is 3.87. The third-order valence-electron chi connectivity index (χ3n) is 4.09. The maximum absolute atomic E-state index is 13.1. The molecular formula is C18H28N2O. The van der Waals surface area contributed by atoms with Crippen molar-refractivity contribution in [3.05, 3.63) is 29.8 Å². The predicted molar refractivity (Wildman–Crippen MR) is 88.6 cm³/mol. The Hall–Kier alpha value is -1.51. The van der Waals surface area contributed by atoms with Crippen molar-refractivity contribution >= 4 is 11.6 Å². The van der Waals surface area contributed by atoms with Gasteiger partial charge in [-0.05, 0) is 44.7 Å². The molecule has 0 aromatic heterocycles. The second-order valence-corrected chi connectivity index (χ2v) is 6.90. The Kier molecular flexibility index (Phi) is 4.92. The molecule has 1 amide bonds. The van der Waals surface area contributed by atoms with E-state index in [1.807, 2.05) is 17.0 Å². The molecule has 2 atom stereocenters. The van der Waals surface area contributed by atoms with Gasteiger partial charge >= 0.3 is 0 Å². The van der Waals surface area contributed by atoms with E-state index in [-0.39, 0.29) is 17.9 Å². The summed E-state index contributed by atoms with van der Waals surface area (Å²) < 4.78 is 0. The molecule has 0 aliphatic carbocycles. The summed E-state index contributed by atoms with van der Waals surface area (Å²) in [6.45, 7) is 11.5. The second-order valence-electron chi connectivity index (χ2n) is 6.90. The van der Waals surface area contributed by atoms with Crippen molar-refractivity contribution in [1.82, 2.24) is 4.90 Å². The summed E-state index contributed by atoms with van der Waals surface area (Å²) in [6, 6.07) is 8.80. The summed E-state index contributed by atoms with van der Waals surface area (Å²) in [7, 11) is 0. The van der Waals surface area contributed by atoms with Gasteiger partial charge in [0.15, 0.2) is 0 Å². The number of hydrogen-bond acceptors (Lipinski definition) is 2. The highest BCUT2D eigenvalue weighted by molar-refractivity contribution is 5.86. The third kappa shape index (κ3) is 3.58. The van der Waals surface area contributed by atoms with E-state index in [0.29, 0.717) is 12.0 Å². The molecule has 1 heterocycles. The highest BCUT2D eigenvalue weighted by Crippen LogP contribution is 2.35. The van der Waals surface area contributed by atoms with Crippen LogP contribution in [0.3, 0.4) is 0 Å². The Morgan fingerprint density at radius 1 is 1.29 bits per heavy atom. The lowest BCUT2D eigenvalue weighted by molar-refractivity contribution is -0.135. The van der Waals surface area contributed by atoms with Gasteiger partial charge < -0.3 is 10.2 Å². The van der Waals surface area contributed by atoms with Crippen LogP contribution in [0.2, 0.25) is 0 Å². The molecule has 116 valence electrons. The first-order valence-electron chi connectivity index (χ1n) is 8.06. The molecule has 0 radical (unpaired) electrons. The Balaban J connectivity index is 2.29. The molecule has 1 aromatic rings. The van der Waals surface area contributed by atoms with E-state index in [1.165, 1.54) is 0 Å². The minimum atomic E-state index is -0.0152. The highest BCUT2D eigenvalue weighted by atomic mass is 16.2. The first kappa shape index (κ1) is 15.9. The zero-order valence-corrected chi connectivity index (χ0v) is 13.9. The molecule has 0 saturated carbocycles. The number of anilines is 1.